The van der Waals surface area contributed by atoms with Gasteiger partial charge in [0.15, 0.2) is 5.96 Å². The van der Waals surface area contributed by atoms with Crippen LogP contribution in [0.3, 0.4) is 0 Å². The Bertz CT molecular complexity index is 739. The maximum atomic E-state index is 12.2. The van der Waals surface area contributed by atoms with Crippen molar-refractivity contribution in [1.29, 1.82) is 0 Å². The van der Waals surface area contributed by atoms with Crippen LogP contribution in [-0.4, -0.2) is 35.6 Å². The van der Waals surface area contributed by atoms with E-state index >= 15 is 0 Å². The van der Waals surface area contributed by atoms with Gasteiger partial charge >= 0.3 is 0 Å². The molecule has 0 spiro atoms. The zero-order valence-electron chi connectivity index (χ0n) is 16.6. The summed E-state index contributed by atoms with van der Waals surface area (Å²) in [4.78, 5) is 4.56. The van der Waals surface area contributed by atoms with Crippen molar-refractivity contribution in [2.75, 3.05) is 25.4 Å². The van der Waals surface area contributed by atoms with E-state index < -0.39 is 10.8 Å². The Morgan fingerprint density at radius 1 is 1.00 bits per heavy atom. The number of hydrogen-bond acceptors (Lipinski definition) is 2. The number of nitrogens with one attached hydrogen (secondary N) is 2. The fraction of sp³-hybridized carbons (Fsp3) is 0.409. The molecule has 2 aromatic carbocycles. The standard InChI is InChI=1S/C22H31N3OS/c1-4-23-22(24-11-10-21-15-18(2)14-19(3)16-21)25-12-13-27(26)17-20-8-6-5-7-9-20/h5-9,14-16H,4,10-13,17H2,1-3H3,(H2,23,24,25). The minimum Gasteiger partial charge on any atom is -0.357 e. The van der Waals surface area contributed by atoms with Crippen molar-refractivity contribution in [3.63, 3.8) is 0 Å². The monoisotopic (exact) mass is 385 g/mol. The Kier molecular flexibility index (Phi) is 9.05. The molecule has 2 rings (SSSR count). The molecule has 0 heterocycles. The van der Waals surface area contributed by atoms with E-state index in [1.54, 1.807) is 0 Å². The minimum atomic E-state index is -0.895. The number of guanidine groups is 1. The third kappa shape index (κ3) is 8.39. The van der Waals surface area contributed by atoms with E-state index in [1.807, 2.05) is 30.3 Å². The highest BCUT2D eigenvalue weighted by Crippen LogP contribution is 2.09. The molecule has 0 fully saturated rings. The first-order valence-corrected chi connectivity index (χ1v) is 11.0. The average molecular weight is 386 g/mol. The number of hydrogen-bond donors (Lipinski definition) is 2. The highest BCUT2D eigenvalue weighted by molar-refractivity contribution is 7.84. The summed E-state index contributed by atoms with van der Waals surface area (Å²) in [5, 5.41) is 6.63. The molecule has 0 saturated carbocycles. The van der Waals surface area contributed by atoms with Gasteiger partial charge in [0.25, 0.3) is 0 Å². The van der Waals surface area contributed by atoms with E-state index in [-0.39, 0.29) is 0 Å². The lowest BCUT2D eigenvalue weighted by Gasteiger charge is -2.12. The molecule has 0 aromatic heterocycles. The van der Waals surface area contributed by atoms with Crippen LogP contribution >= 0.6 is 0 Å². The van der Waals surface area contributed by atoms with Crippen molar-refractivity contribution < 1.29 is 4.21 Å². The Morgan fingerprint density at radius 2 is 1.70 bits per heavy atom. The van der Waals surface area contributed by atoms with Crippen molar-refractivity contribution in [2.45, 2.75) is 32.9 Å². The molecule has 2 aromatic rings. The number of aliphatic imine (C=N–C) groups is 1. The molecular formula is C22H31N3OS. The molecule has 0 amide bonds. The Balaban J connectivity index is 1.78. The summed E-state index contributed by atoms with van der Waals surface area (Å²) in [6.07, 6.45) is 0.951. The van der Waals surface area contributed by atoms with Gasteiger partial charge in [0.2, 0.25) is 0 Å². The molecule has 5 heteroatoms. The number of rotatable bonds is 9. The second kappa shape index (κ2) is 11.5. The Morgan fingerprint density at radius 3 is 2.37 bits per heavy atom. The Labute approximate surface area is 166 Å². The van der Waals surface area contributed by atoms with Crippen LogP contribution in [0.5, 0.6) is 0 Å². The molecule has 0 saturated heterocycles. The van der Waals surface area contributed by atoms with Crippen LogP contribution in [0.4, 0.5) is 0 Å². The van der Waals surface area contributed by atoms with Crippen LogP contribution in [0.1, 0.15) is 29.2 Å². The average Bonchev–Trinajstić information content (AvgIpc) is 2.62. The van der Waals surface area contributed by atoms with E-state index in [4.69, 9.17) is 0 Å². The van der Waals surface area contributed by atoms with Gasteiger partial charge in [-0.05, 0) is 38.3 Å². The number of aryl methyl sites for hydroxylation is 2. The van der Waals surface area contributed by atoms with Gasteiger partial charge in [0.05, 0.1) is 6.54 Å². The van der Waals surface area contributed by atoms with E-state index in [2.05, 4.69) is 54.6 Å². The van der Waals surface area contributed by atoms with Crippen LogP contribution in [-0.2, 0) is 23.0 Å². The normalized spacial score (nSPS) is 12.6. The smallest absolute Gasteiger partial charge is 0.191 e. The Hall–Kier alpha value is -2.14. The summed E-state index contributed by atoms with van der Waals surface area (Å²) in [6, 6.07) is 16.6. The predicted molar refractivity (Wildman–Crippen MR) is 117 cm³/mol. The highest BCUT2D eigenvalue weighted by Gasteiger charge is 2.03. The topological polar surface area (TPSA) is 53.5 Å². The van der Waals surface area contributed by atoms with Gasteiger partial charge in [-0.25, -0.2) is 0 Å². The molecule has 0 aliphatic carbocycles. The molecule has 0 bridgehead atoms. The summed E-state index contributed by atoms with van der Waals surface area (Å²) in [7, 11) is -0.895. The van der Waals surface area contributed by atoms with Crippen LogP contribution in [0.15, 0.2) is 53.5 Å². The molecule has 4 nitrogen and oxygen atoms in total. The SMILES string of the molecule is CCNC(=NCCS(=O)Cc1ccccc1)NCCc1cc(C)cc(C)c1. The molecule has 2 N–H and O–H groups in total. The van der Waals surface area contributed by atoms with Gasteiger partial charge in [0.1, 0.15) is 0 Å². The van der Waals surface area contributed by atoms with Crippen LogP contribution in [0, 0.1) is 13.8 Å². The van der Waals surface area contributed by atoms with Gasteiger partial charge in [0, 0.05) is 35.4 Å². The van der Waals surface area contributed by atoms with Gasteiger partial charge in [-0.2, -0.15) is 0 Å². The molecule has 0 radical (unpaired) electrons. The van der Waals surface area contributed by atoms with Crippen molar-refractivity contribution in [2.24, 2.45) is 4.99 Å². The number of benzene rings is 2. The molecule has 0 aliphatic rings. The van der Waals surface area contributed by atoms with Gasteiger partial charge in [-0.15, -0.1) is 0 Å². The van der Waals surface area contributed by atoms with Gasteiger partial charge in [-0.3, -0.25) is 9.20 Å². The largest absolute Gasteiger partial charge is 0.357 e. The van der Waals surface area contributed by atoms with E-state index in [0.717, 1.165) is 31.0 Å². The lowest BCUT2D eigenvalue weighted by molar-refractivity contribution is 0.682. The number of nitrogens with zero attached hydrogens (tertiary/aromatic N) is 1. The van der Waals surface area contributed by atoms with Crippen LogP contribution in [0.25, 0.3) is 0 Å². The summed E-state index contributed by atoms with van der Waals surface area (Å²) < 4.78 is 12.2. The van der Waals surface area contributed by atoms with Crippen molar-refractivity contribution in [3.05, 3.63) is 70.8 Å². The van der Waals surface area contributed by atoms with E-state index in [1.165, 1.54) is 16.7 Å². The summed E-state index contributed by atoms with van der Waals surface area (Å²) in [5.74, 6) is 1.95. The van der Waals surface area contributed by atoms with Gasteiger partial charge < -0.3 is 10.6 Å². The molecular weight excluding hydrogens is 354 g/mol. The van der Waals surface area contributed by atoms with Crippen molar-refractivity contribution >= 4 is 16.8 Å². The quantitative estimate of drug-likeness (QED) is 0.514. The first kappa shape index (κ1) is 21.2. The first-order valence-electron chi connectivity index (χ1n) is 9.55. The zero-order chi connectivity index (χ0) is 19.5. The van der Waals surface area contributed by atoms with Crippen molar-refractivity contribution in [1.82, 2.24) is 10.6 Å². The fourth-order valence-corrected chi connectivity index (χ4v) is 3.98. The summed E-state index contributed by atoms with van der Waals surface area (Å²) in [6.45, 7) is 8.49. The first-order chi connectivity index (χ1) is 13.1. The van der Waals surface area contributed by atoms with Crippen LogP contribution < -0.4 is 10.6 Å². The maximum absolute atomic E-state index is 12.2. The molecule has 1 unspecified atom stereocenters. The maximum Gasteiger partial charge on any atom is 0.191 e. The zero-order valence-corrected chi connectivity index (χ0v) is 17.4. The van der Waals surface area contributed by atoms with Gasteiger partial charge in [-0.1, -0.05) is 59.7 Å². The van der Waals surface area contributed by atoms with Crippen LogP contribution in [0.2, 0.25) is 0 Å². The summed E-state index contributed by atoms with van der Waals surface area (Å²) in [5.41, 5.74) is 5.04. The lowest BCUT2D eigenvalue weighted by Crippen LogP contribution is -2.38. The second-order valence-corrected chi connectivity index (χ2v) is 8.28. The molecule has 27 heavy (non-hydrogen) atoms. The van der Waals surface area contributed by atoms with E-state index in [0.29, 0.717) is 18.1 Å². The fourth-order valence-electron chi connectivity index (χ4n) is 2.97. The second-order valence-electron chi connectivity index (χ2n) is 6.71. The minimum absolute atomic E-state index is 0.554. The van der Waals surface area contributed by atoms with E-state index in [9.17, 15) is 4.21 Å². The highest BCUT2D eigenvalue weighted by atomic mass is 32.2. The third-order valence-electron chi connectivity index (χ3n) is 4.09. The lowest BCUT2D eigenvalue weighted by atomic mass is 10.1. The third-order valence-corrected chi connectivity index (χ3v) is 5.38. The molecule has 1 atom stereocenters. The molecule has 146 valence electrons. The molecule has 0 aliphatic heterocycles. The predicted octanol–water partition coefficient (Wildman–Crippen LogP) is 3.35. The summed E-state index contributed by atoms with van der Waals surface area (Å²) >= 11 is 0. The van der Waals surface area contributed by atoms with Crippen molar-refractivity contribution in [3.8, 4) is 0 Å².